The number of rotatable bonds is 1. The molecule has 1 aromatic rings. The largest absolute Gasteiger partial charge is 0.239 e. The molecule has 0 fully saturated rings. The summed E-state index contributed by atoms with van der Waals surface area (Å²) in [4.78, 5) is 7.31. The molecule has 0 N–H and O–H groups in total. The predicted octanol–water partition coefficient (Wildman–Crippen LogP) is 1.57. The second-order valence-corrected chi connectivity index (χ2v) is 1.86. The molecule has 1 heterocycles. The Hall–Kier alpha value is -1.25. The number of aromatic nitrogens is 2. The Balaban J connectivity index is 3.27. The van der Waals surface area contributed by atoms with Crippen molar-refractivity contribution in [1.29, 1.82) is 0 Å². The van der Waals surface area contributed by atoms with E-state index in [-0.39, 0.29) is 5.69 Å². The average Bonchev–Trinajstić information content (AvgIpc) is 1.95. The van der Waals surface area contributed by atoms with E-state index in [4.69, 9.17) is 0 Å². The zero-order valence-corrected chi connectivity index (χ0v) is 5.63. The van der Waals surface area contributed by atoms with Crippen LogP contribution < -0.4 is 0 Å². The summed E-state index contributed by atoms with van der Waals surface area (Å²) in [5.74, 6) is -0.391. The summed E-state index contributed by atoms with van der Waals surface area (Å²) in [5, 5.41) is 0. The molecule has 0 aliphatic heterocycles. The normalized spacial score (nSPS) is 9.40. The minimum atomic E-state index is -0.391. The molecule has 0 atom stereocenters. The third kappa shape index (κ3) is 1.03. The van der Waals surface area contributed by atoms with Crippen LogP contribution in [0.15, 0.2) is 12.9 Å². The van der Waals surface area contributed by atoms with Crippen LogP contribution in [0.3, 0.4) is 0 Å². The maximum Gasteiger partial charge on any atom is 0.170 e. The van der Waals surface area contributed by atoms with Gasteiger partial charge in [-0.2, -0.15) is 0 Å². The molecule has 2 nitrogen and oxygen atoms in total. The lowest BCUT2D eigenvalue weighted by atomic mass is 10.3. The van der Waals surface area contributed by atoms with Crippen LogP contribution in [0, 0.1) is 12.7 Å². The highest BCUT2D eigenvalue weighted by Gasteiger charge is 2.01. The molecule has 10 heavy (non-hydrogen) atoms. The smallest absolute Gasteiger partial charge is 0.170 e. The van der Waals surface area contributed by atoms with E-state index in [2.05, 4.69) is 16.5 Å². The minimum absolute atomic E-state index is 0.257. The Labute approximate surface area is 58.4 Å². The molecule has 0 amide bonds. The lowest BCUT2D eigenvalue weighted by Crippen LogP contribution is -1.93. The zero-order chi connectivity index (χ0) is 7.56. The number of halogens is 1. The van der Waals surface area contributed by atoms with Crippen molar-refractivity contribution in [2.24, 2.45) is 0 Å². The van der Waals surface area contributed by atoms with Crippen LogP contribution in [0.1, 0.15) is 11.4 Å². The Morgan fingerprint density at radius 2 is 2.30 bits per heavy atom. The van der Waals surface area contributed by atoms with Crippen molar-refractivity contribution in [2.75, 3.05) is 0 Å². The Bertz CT molecular complexity index is 258. The van der Waals surface area contributed by atoms with Gasteiger partial charge in [0.1, 0.15) is 12.0 Å². The zero-order valence-electron chi connectivity index (χ0n) is 5.63. The van der Waals surface area contributed by atoms with Gasteiger partial charge in [0.2, 0.25) is 0 Å². The van der Waals surface area contributed by atoms with Gasteiger partial charge in [0.15, 0.2) is 5.82 Å². The average molecular weight is 138 g/mol. The monoisotopic (exact) mass is 138 g/mol. The van der Waals surface area contributed by atoms with Crippen LogP contribution in [0.25, 0.3) is 6.08 Å². The molecule has 0 saturated carbocycles. The van der Waals surface area contributed by atoms with Crippen molar-refractivity contribution in [3.8, 4) is 0 Å². The van der Waals surface area contributed by atoms with Crippen molar-refractivity contribution in [2.45, 2.75) is 6.92 Å². The number of hydrogen-bond acceptors (Lipinski definition) is 2. The standard InChI is InChI=1S/C7H7FN2/c1-3-6-7(8)5(2)9-4-10-6/h3-4H,1H2,2H3. The van der Waals surface area contributed by atoms with Gasteiger partial charge in [-0.1, -0.05) is 6.58 Å². The summed E-state index contributed by atoms with van der Waals surface area (Å²) in [5.41, 5.74) is 0.609. The summed E-state index contributed by atoms with van der Waals surface area (Å²) in [7, 11) is 0. The molecule has 1 rings (SSSR count). The Morgan fingerprint density at radius 1 is 1.60 bits per heavy atom. The van der Waals surface area contributed by atoms with E-state index in [1.165, 1.54) is 12.4 Å². The molecule has 3 heteroatoms. The highest BCUT2D eigenvalue weighted by molar-refractivity contribution is 5.42. The van der Waals surface area contributed by atoms with E-state index >= 15 is 0 Å². The van der Waals surface area contributed by atoms with Gasteiger partial charge in [-0.15, -0.1) is 0 Å². The van der Waals surface area contributed by atoms with Gasteiger partial charge in [0, 0.05) is 0 Å². The summed E-state index contributed by atoms with van der Waals surface area (Å²) in [6.07, 6.45) is 2.68. The molecule has 0 bridgehead atoms. The lowest BCUT2D eigenvalue weighted by Gasteiger charge is -1.95. The summed E-state index contributed by atoms with van der Waals surface area (Å²) in [6.45, 7) is 4.99. The molecular weight excluding hydrogens is 131 g/mol. The fraction of sp³-hybridized carbons (Fsp3) is 0.143. The van der Waals surface area contributed by atoms with Gasteiger partial charge in [-0.3, -0.25) is 0 Å². The van der Waals surface area contributed by atoms with Crippen LogP contribution in [0.5, 0.6) is 0 Å². The fourth-order valence-electron chi connectivity index (χ4n) is 0.619. The van der Waals surface area contributed by atoms with Gasteiger partial charge in [-0.05, 0) is 13.0 Å². The minimum Gasteiger partial charge on any atom is -0.239 e. The third-order valence-electron chi connectivity index (χ3n) is 1.18. The topological polar surface area (TPSA) is 25.8 Å². The molecule has 0 spiro atoms. The van der Waals surface area contributed by atoms with Gasteiger partial charge in [-0.25, -0.2) is 14.4 Å². The summed E-state index contributed by atoms with van der Waals surface area (Å²) >= 11 is 0. The third-order valence-corrected chi connectivity index (χ3v) is 1.18. The molecule has 1 aromatic heterocycles. The van der Waals surface area contributed by atoms with Crippen molar-refractivity contribution in [1.82, 2.24) is 9.97 Å². The van der Waals surface area contributed by atoms with Crippen molar-refractivity contribution in [3.05, 3.63) is 30.1 Å². The number of nitrogens with zero attached hydrogens (tertiary/aromatic N) is 2. The van der Waals surface area contributed by atoms with Crippen LogP contribution in [-0.4, -0.2) is 9.97 Å². The number of aryl methyl sites for hydroxylation is 1. The van der Waals surface area contributed by atoms with Crippen molar-refractivity contribution in [3.63, 3.8) is 0 Å². The molecule has 0 aliphatic carbocycles. The van der Waals surface area contributed by atoms with E-state index in [0.29, 0.717) is 5.69 Å². The Kier molecular flexibility index (Phi) is 1.76. The van der Waals surface area contributed by atoms with Crippen LogP contribution in [-0.2, 0) is 0 Å². The molecule has 52 valence electrons. The first-order valence-corrected chi connectivity index (χ1v) is 2.85. The highest BCUT2D eigenvalue weighted by atomic mass is 19.1. The van der Waals surface area contributed by atoms with Crippen LogP contribution in [0.2, 0.25) is 0 Å². The molecular formula is C7H7FN2. The quantitative estimate of drug-likeness (QED) is 0.588. The van der Waals surface area contributed by atoms with Crippen LogP contribution in [0.4, 0.5) is 4.39 Å². The highest BCUT2D eigenvalue weighted by Crippen LogP contribution is 2.06. The van der Waals surface area contributed by atoms with E-state index in [1.54, 1.807) is 6.92 Å². The van der Waals surface area contributed by atoms with Crippen LogP contribution >= 0.6 is 0 Å². The van der Waals surface area contributed by atoms with Gasteiger partial charge >= 0.3 is 0 Å². The molecule has 0 unspecified atom stereocenters. The number of hydrogen-bond donors (Lipinski definition) is 0. The second-order valence-electron chi connectivity index (χ2n) is 1.86. The fourth-order valence-corrected chi connectivity index (χ4v) is 0.619. The first-order valence-electron chi connectivity index (χ1n) is 2.85. The maximum atomic E-state index is 12.8. The maximum absolute atomic E-state index is 12.8. The van der Waals surface area contributed by atoms with E-state index in [0.717, 1.165) is 0 Å². The van der Waals surface area contributed by atoms with Gasteiger partial charge < -0.3 is 0 Å². The lowest BCUT2D eigenvalue weighted by molar-refractivity contribution is 0.598. The molecule has 0 aliphatic rings. The molecule has 0 saturated heterocycles. The van der Waals surface area contributed by atoms with Gasteiger partial charge in [0.25, 0.3) is 0 Å². The molecule has 0 aromatic carbocycles. The SMILES string of the molecule is C=Cc1ncnc(C)c1F. The van der Waals surface area contributed by atoms with E-state index < -0.39 is 5.82 Å². The van der Waals surface area contributed by atoms with Crippen molar-refractivity contribution >= 4 is 6.08 Å². The summed E-state index contributed by atoms with van der Waals surface area (Å²) in [6, 6.07) is 0. The predicted molar refractivity (Wildman–Crippen MR) is 36.8 cm³/mol. The first kappa shape index (κ1) is 6.86. The second kappa shape index (κ2) is 2.56. The van der Waals surface area contributed by atoms with E-state index in [9.17, 15) is 4.39 Å². The van der Waals surface area contributed by atoms with Crippen molar-refractivity contribution < 1.29 is 4.39 Å². The Morgan fingerprint density at radius 3 is 2.80 bits per heavy atom. The van der Waals surface area contributed by atoms with Gasteiger partial charge in [0.05, 0.1) is 5.69 Å². The first-order chi connectivity index (χ1) is 4.75. The molecule has 0 radical (unpaired) electrons. The summed E-state index contributed by atoms with van der Waals surface area (Å²) < 4.78 is 12.8. The van der Waals surface area contributed by atoms with E-state index in [1.807, 2.05) is 0 Å².